The van der Waals surface area contributed by atoms with Gasteiger partial charge >= 0.3 is 6.18 Å². The predicted octanol–water partition coefficient (Wildman–Crippen LogP) is 6.14. The van der Waals surface area contributed by atoms with Gasteiger partial charge in [-0.15, -0.1) is 11.3 Å². The van der Waals surface area contributed by atoms with E-state index in [9.17, 15) is 13.2 Å². The summed E-state index contributed by atoms with van der Waals surface area (Å²) in [4.78, 5) is 8.31. The number of fused-ring (bicyclic) bond motifs is 1. The fraction of sp³-hybridized carbons (Fsp3) is 0.143. The van der Waals surface area contributed by atoms with Crippen molar-refractivity contribution in [2.75, 3.05) is 11.9 Å². The summed E-state index contributed by atoms with van der Waals surface area (Å²) in [6.45, 7) is 0.435. The number of nitrogens with zero attached hydrogens (tertiary/aromatic N) is 2. The summed E-state index contributed by atoms with van der Waals surface area (Å²) < 4.78 is 39.9. The van der Waals surface area contributed by atoms with E-state index in [0.717, 1.165) is 17.0 Å². The van der Waals surface area contributed by atoms with Crippen molar-refractivity contribution in [3.63, 3.8) is 0 Å². The van der Waals surface area contributed by atoms with E-state index in [2.05, 4.69) is 21.4 Å². The van der Waals surface area contributed by atoms with Gasteiger partial charge in [0, 0.05) is 28.9 Å². The van der Waals surface area contributed by atoms with Gasteiger partial charge in [0.2, 0.25) is 0 Å². The Labute approximate surface area is 179 Å². The highest BCUT2D eigenvalue weighted by Crippen LogP contribution is 2.36. The Morgan fingerprint density at radius 2 is 1.90 bits per heavy atom. The first-order valence-corrected chi connectivity index (χ1v) is 10.2. The van der Waals surface area contributed by atoms with Crippen LogP contribution in [0.3, 0.4) is 0 Å². The predicted molar refractivity (Wildman–Crippen MR) is 115 cm³/mol. The molecule has 0 spiro atoms. The molecule has 2 aromatic carbocycles. The number of nitrogens with two attached hydrogens (primary N) is 1. The maximum Gasteiger partial charge on any atom is 0.417 e. The number of thiophene rings is 1. The molecule has 0 fully saturated rings. The van der Waals surface area contributed by atoms with Crippen LogP contribution in [0.5, 0.6) is 0 Å². The SMILES string of the molecule is NC(CNc1cc(-c2ccc(C(F)(F)F)c(Cl)c2)ncn1)c1csc2ccccc12. The van der Waals surface area contributed by atoms with E-state index in [-0.39, 0.29) is 11.1 Å². The third kappa shape index (κ3) is 4.26. The van der Waals surface area contributed by atoms with Crippen LogP contribution in [0.4, 0.5) is 19.0 Å². The number of alkyl halides is 3. The smallest absolute Gasteiger partial charge is 0.368 e. The second-order valence-electron chi connectivity index (χ2n) is 6.66. The van der Waals surface area contributed by atoms with Gasteiger partial charge in [-0.25, -0.2) is 9.97 Å². The highest BCUT2D eigenvalue weighted by atomic mass is 35.5. The molecule has 9 heteroatoms. The number of anilines is 1. The fourth-order valence-electron chi connectivity index (χ4n) is 3.13. The molecule has 0 amide bonds. The van der Waals surface area contributed by atoms with Crippen molar-refractivity contribution in [1.82, 2.24) is 9.97 Å². The third-order valence-electron chi connectivity index (χ3n) is 4.65. The lowest BCUT2D eigenvalue weighted by atomic mass is 10.1. The molecule has 2 heterocycles. The first kappa shape index (κ1) is 20.6. The van der Waals surface area contributed by atoms with Crippen LogP contribution in [0.25, 0.3) is 21.3 Å². The normalized spacial score (nSPS) is 12.8. The fourth-order valence-corrected chi connectivity index (χ4v) is 4.44. The van der Waals surface area contributed by atoms with Crippen LogP contribution in [0.15, 0.2) is 60.2 Å². The summed E-state index contributed by atoms with van der Waals surface area (Å²) in [7, 11) is 0. The average Bonchev–Trinajstić information content (AvgIpc) is 3.15. The molecule has 3 N–H and O–H groups in total. The quantitative estimate of drug-likeness (QED) is 0.385. The molecular weight excluding hydrogens is 433 g/mol. The van der Waals surface area contributed by atoms with Gasteiger partial charge in [0.1, 0.15) is 12.1 Å². The zero-order chi connectivity index (χ0) is 21.3. The Hall–Kier alpha value is -2.68. The highest BCUT2D eigenvalue weighted by molar-refractivity contribution is 7.17. The molecule has 0 radical (unpaired) electrons. The lowest BCUT2D eigenvalue weighted by Crippen LogP contribution is -2.20. The van der Waals surface area contributed by atoms with Crippen LogP contribution in [-0.4, -0.2) is 16.5 Å². The summed E-state index contributed by atoms with van der Waals surface area (Å²) in [5.41, 5.74) is 7.44. The van der Waals surface area contributed by atoms with Crippen molar-refractivity contribution in [2.24, 2.45) is 5.73 Å². The van der Waals surface area contributed by atoms with Crippen LogP contribution in [0.2, 0.25) is 5.02 Å². The van der Waals surface area contributed by atoms with Gasteiger partial charge in [-0.1, -0.05) is 35.9 Å². The lowest BCUT2D eigenvalue weighted by molar-refractivity contribution is -0.137. The molecule has 1 unspecified atom stereocenters. The van der Waals surface area contributed by atoms with Crippen molar-refractivity contribution >= 4 is 38.8 Å². The van der Waals surface area contributed by atoms with E-state index in [0.29, 0.717) is 23.6 Å². The largest absolute Gasteiger partial charge is 0.417 e. The molecule has 0 aliphatic carbocycles. The molecule has 30 heavy (non-hydrogen) atoms. The number of hydrogen-bond donors (Lipinski definition) is 2. The topological polar surface area (TPSA) is 63.8 Å². The van der Waals surface area contributed by atoms with E-state index in [1.54, 1.807) is 17.4 Å². The molecule has 4 rings (SSSR count). The second kappa shape index (κ2) is 8.22. The Morgan fingerprint density at radius 1 is 1.10 bits per heavy atom. The minimum Gasteiger partial charge on any atom is -0.368 e. The molecule has 0 saturated carbocycles. The Bertz CT molecular complexity index is 1190. The van der Waals surface area contributed by atoms with Gasteiger partial charge in [-0.2, -0.15) is 13.2 Å². The summed E-state index contributed by atoms with van der Waals surface area (Å²) >= 11 is 7.46. The number of hydrogen-bond acceptors (Lipinski definition) is 5. The minimum absolute atomic E-state index is 0.250. The van der Waals surface area contributed by atoms with E-state index >= 15 is 0 Å². The van der Waals surface area contributed by atoms with E-state index in [1.165, 1.54) is 23.2 Å². The molecule has 2 aromatic heterocycles. The standard InChI is InChI=1S/C21H16ClF3N4S/c22-16-7-12(5-6-15(16)21(23,24)25)18-8-20(29-11-28-18)27-9-17(26)14-10-30-19-4-2-1-3-13(14)19/h1-8,10-11,17H,9,26H2,(H,27,28,29). The highest BCUT2D eigenvalue weighted by Gasteiger charge is 2.33. The molecule has 4 nitrogen and oxygen atoms in total. The molecule has 4 aromatic rings. The maximum atomic E-state index is 12.9. The Kier molecular flexibility index (Phi) is 5.64. The van der Waals surface area contributed by atoms with Crippen molar-refractivity contribution < 1.29 is 13.2 Å². The van der Waals surface area contributed by atoms with Crippen molar-refractivity contribution in [3.8, 4) is 11.3 Å². The van der Waals surface area contributed by atoms with Crippen molar-refractivity contribution in [2.45, 2.75) is 12.2 Å². The van der Waals surface area contributed by atoms with Gasteiger partial charge in [0.05, 0.1) is 16.3 Å². The summed E-state index contributed by atoms with van der Waals surface area (Å²) in [6, 6.07) is 13.0. The molecule has 0 bridgehead atoms. The van der Waals surface area contributed by atoms with Crippen LogP contribution in [-0.2, 0) is 6.18 Å². The maximum absolute atomic E-state index is 12.9. The van der Waals surface area contributed by atoms with Gasteiger partial charge in [0.15, 0.2) is 0 Å². The lowest BCUT2D eigenvalue weighted by Gasteiger charge is -2.14. The Morgan fingerprint density at radius 3 is 2.67 bits per heavy atom. The summed E-state index contributed by atoms with van der Waals surface area (Å²) in [6.07, 6.45) is -3.16. The van der Waals surface area contributed by atoms with Crippen LogP contribution in [0.1, 0.15) is 17.2 Å². The van der Waals surface area contributed by atoms with Crippen LogP contribution >= 0.6 is 22.9 Å². The first-order chi connectivity index (χ1) is 14.3. The summed E-state index contributed by atoms with van der Waals surface area (Å²) in [5, 5.41) is 5.97. The van der Waals surface area contributed by atoms with Crippen LogP contribution < -0.4 is 11.1 Å². The molecule has 154 valence electrons. The molecule has 0 aliphatic heterocycles. The number of benzene rings is 2. The zero-order valence-electron chi connectivity index (χ0n) is 15.4. The molecule has 0 aliphatic rings. The van der Waals surface area contributed by atoms with Crippen molar-refractivity contribution in [3.05, 3.63) is 76.4 Å². The van der Waals surface area contributed by atoms with E-state index < -0.39 is 11.7 Å². The third-order valence-corrected chi connectivity index (χ3v) is 5.95. The molecule has 1 atom stereocenters. The van der Waals surface area contributed by atoms with Gasteiger partial charge in [0.25, 0.3) is 0 Å². The number of aromatic nitrogens is 2. The zero-order valence-corrected chi connectivity index (χ0v) is 17.0. The molecule has 0 saturated heterocycles. The van der Waals surface area contributed by atoms with E-state index in [1.807, 2.05) is 23.6 Å². The second-order valence-corrected chi connectivity index (χ2v) is 7.97. The first-order valence-electron chi connectivity index (χ1n) is 8.97. The van der Waals surface area contributed by atoms with Gasteiger partial charge in [-0.05, 0) is 34.5 Å². The van der Waals surface area contributed by atoms with Crippen LogP contribution in [0, 0.1) is 0 Å². The number of rotatable bonds is 5. The monoisotopic (exact) mass is 448 g/mol. The Balaban J connectivity index is 1.51. The van der Waals surface area contributed by atoms with E-state index in [4.69, 9.17) is 17.3 Å². The van der Waals surface area contributed by atoms with Crippen molar-refractivity contribution in [1.29, 1.82) is 0 Å². The van der Waals surface area contributed by atoms with Gasteiger partial charge in [-0.3, -0.25) is 0 Å². The summed E-state index contributed by atoms with van der Waals surface area (Å²) in [5.74, 6) is 0.519. The average molecular weight is 449 g/mol. The number of nitrogens with one attached hydrogen (secondary N) is 1. The molecular formula is C21H16ClF3N4S. The number of halogens is 4. The van der Waals surface area contributed by atoms with Gasteiger partial charge < -0.3 is 11.1 Å². The minimum atomic E-state index is -4.50.